The third-order valence-electron chi connectivity index (χ3n) is 24.0. The maximum absolute atomic E-state index is 12.4. The predicted octanol–water partition coefficient (Wildman–Crippen LogP) is 17.9. The standard InChI is InChI=1S/7C16H29NO3/c7*1-10(2)6-7-17-16(19)13(8-11(3)4)9-14(18)15-12(5)20-15/h7*10-13,15H,6-9H2,1-5H3,(H,17,19)/t2*12?,13-,15-;;;;;/m00...../s1/i2*13D;2*3D3,11D;13D;2*3D3. The average molecular weight is 2000 g/mol. The molecule has 7 heterocycles. The number of carbonyl (C=O) groups excluding carboxylic acids is 14. The van der Waals surface area contributed by atoms with Gasteiger partial charge in [0.1, 0.15) is 42.7 Å². The molecular weight excluding hydrogens is 1780 g/mol. The number of carbonyl (C=O) groups is 14. The highest BCUT2D eigenvalue weighted by Gasteiger charge is 2.48. The van der Waals surface area contributed by atoms with Crippen LogP contribution in [0.2, 0.25) is 0 Å². The molecule has 0 aliphatic carbocycles. The fourth-order valence-electron chi connectivity index (χ4n) is 15.2. The molecular formula is C112H203N7O21. The highest BCUT2D eigenvalue weighted by Crippen LogP contribution is 2.34. The summed E-state index contributed by atoms with van der Waals surface area (Å²) in [6, 6.07) is 0. The summed E-state index contributed by atoms with van der Waals surface area (Å²) in [6.45, 7) is 53.6. The van der Waals surface area contributed by atoms with Gasteiger partial charge in [0.15, 0.2) is 40.5 Å². The summed E-state index contributed by atoms with van der Waals surface area (Å²) in [6.07, 6.45) is 3.01. The third kappa shape index (κ3) is 62.5. The van der Waals surface area contributed by atoms with E-state index in [1.54, 1.807) is 27.7 Å². The molecule has 0 radical (unpaired) electrons. The number of ether oxygens (including phenoxy) is 7. The first-order valence-electron chi connectivity index (χ1n) is 60.9. The number of ketones is 7. The van der Waals surface area contributed by atoms with E-state index >= 15 is 0 Å². The molecule has 28 heteroatoms. The van der Waals surface area contributed by atoms with Crippen molar-refractivity contribution in [2.45, 2.75) is 462 Å². The maximum Gasteiger partial charge on any atom is 0.223 e. The Bertz CT molecular complexity index is 4110. The normalized spacial score (nSPS) is 27.0. The van der Waals surface area contributed by atoms with Crippen LogP contribution < -0.4 is 37.2 Å². The molecule has 0 aromatic rings. The first kappa shape index (κ1) is 104. The fraction of sp³-hybridized carbons (Fsp3) is 0.875. The summed E-state index contributed by atoms with van der Waals surface area (Å²) >= 11 is 0. The van der Waals surface area contributed by atoms with Crippen molar-refractivity contribution < 1.29 is 124 Å². The summed E-state index contributed by atoms with van der Waals surface area (Å²) in [4.78, 5) is 171. The van der Waals surface area contributed by atoms with E-state index in [1.165, 1.54) is 13.8 Å². The van der Waals surface area contributed by atoms with E-state index in [2.05, 4.69) is 106 Å². The van der Waals surface area contributed by atoms with Gasteiger partial charge in [-0.2, -0.15) is 0 Å². The Kier molecular flexibility index (Phi) is 51.1. The van der Waals surface area contributed by atoms with Crippen LogP contribution in [-0.4, -0.2) is 213 Å². The summed E-state index contributed by atoms with van der Waals surface area (Å²) in [5.41, 5.74) is 0. The van der Waals surface area contributed by atoms with Crippen molar-refractivity contribution in [1.82, 2.24) is 37.2 Å². The SMILES string of the molecule is [2H]C(CC(=O)C1OC1C)(CC(C)C)C(=O)NCCC(C)C.[2H]C([2H])([2H])C(C)CC(CC(=O)C1OC1C)C(=O)NCCC(C)C.[2H]C([2H])([2H])C(C)CC(CC(=O)C1OC1C)C(=O)NCCC(C)C.[2H]C([2H])([2H])C([2H])(C)CC(CC(=O)C1OC1C)C(=O)NCCC(C)C.[2H]C([2H])([2H])C([2H])(C)CC(CC(=O)C1OC1C)C(=O)NCCC(C)C.[2H][C@@](CC(=O)[C@H]1OC1C)(CC(C)C)C(=O)NCCC(C)C.[2H][C@@](CC(=O)[C@H]1OC1C)(CC(C)C)C(=O)NCCC(C)C. The Morgan fingerprint density at radius 1 is 0.207 bits per heavy atom. The summed E-state index contributed by atoms with van der Waals surface area (Å²) in [7, 11) is 0. The first-order valence-corrected chi connectivity index (χ1v) is 52.4. The molecule has 7 rings (SSSR count). The molecule has 7 N–H and O–H groups in total. The molecule has 0 bridgehead atoms. The highest BCUT2D eigenvalue weighted by molar-refractivity contribution is 5.95. The zero-order valence-corrected chi connectivity index (χ0v) is 91.7. The molecule has 0 aromatic heterocycles. The molecule has 7 aliphatic rings. The van der Waals surface area contributed by atoms with Gasteiger partial charge in [-0.05, 0) is 221 Å². The first-order chi connectivity index (χ1) is 71.7. The molecule has 7 saturated heterocycles. The minimum Gasteiger partial charge on any atom is -0.362 e. The molecule has 7 amide bonds. The molecule has 0 spiro atoms. The summed E-state index contributed by atoms with van der Waals surface area (Å²) in [5, 5.41) is 19.6. The lowest BCUT2D eigenvalue weighted by molar-refractivity contribution is -0.130. The molecule has 21 unspecified atom stereocenters. The Balaban J connectivity index is 0.000000916. The van der Waals surface area contributed by atoms with Gasteiger partial charge in [0.25, 0.3) is 0 Å². The van der Waals surface area contributed by atoms with Crippen molar-refractivity contribution in [2.75, 3.05) is 45.8 Å². The zero-order chi connectivity index (χ0) is 122. The molecule has 25 atom stereocenters. The Morgan fingerprint density at radius 2 is 0.357 bits per heavy atom. The van der Waals surface area contributed by atoms with Crippen LogP contribution in [-0.2, 0) is 100 Å². The van der Waals surface area contributed by atoms with Crippen LogP contribution in [0.1, 0.15) is 400 Å². The highest BCUT2D eigenvalue weighted by atomic mass is 16.6. The van der Waals surface area contributed by atoms with Gasteiger partial charge in [-0.25, -0.2) is 0 Å². The monoisotopic (exact) mass is 2000 g/mol. The maximum atomic E-state index is 12.4. The fourth-order valence-corrected chi connectivity index (χ4v) is 15.2. The second-order valence-electron chi connectivity index (χ2n) is 44.3. The van der Waals surface area contributed by atoms with E-state index in [0.29, 0.717) is 107 Å². The Morgan fingerprint density at radius 3 is 0.493 bits per heavy atom. The van der Waals surface area contributed by atoms with Gasteiger partial charge in [-0.1, -0.05) is 194 Å². The molecule has 28 nitrogen and oxygen atoms in total. The van der Waals surface area contributed by atoms with Crippen molar-refractivity contribution in [3.8, 4) is 0 Å². The number of nitrogens with one attached hydrogen (secondary N) is 7. The van der Waals surface area contributed by atoms with Crippen LogP contribution in [0.3, 0.4) is 0 Å². The summed E-state index contributed by atoms with van der Waals surface area (Å²) < 4.78 is 167. The number of epoxide rings is 7. The number of hydrogen-bond acceptors (Lipinski definition) is 21. The van der Waals surface area contributed by atoms with Gasteiger partial charge in [-0.3, -0.25) is 67.1 Å². The van der Waals surface area contributed by atoms with E-state index in [-0.39, 0.29) is 213 Å². The van der Waals surface area contributed by atoms with E-state index in [9.17, 15) is 67.1 Å². The van der Waals surface area contributed by atoms with Crippen molar-refractivity contribution in [3.05, 3.63) is 0 Å². The lowest BCUT2D eigenvalue weighted by Gasteiger charge is -2.18. The van der Waals surface area contributed by atoms with Gasteiger partial charge >= 0.3 is 0 Å². The van der Waals surface area contributed by atoms with Crippen LogP contribution in [0.5, 0.6) is 0 Å². The number of amides is 7. The smallest absolute Gasteiger partial charge is 0.223 e. The lowest BCUT2D eigenvalue weighted by atomic mass is 9.90. The number of rotatable bonds is 63. The molecule has 7 fully saturated rings. The van der Waals surface area contributed by atoms with Crippen molar-refractivity contribution in [3.63, 3.8) is 0 Å². The quantitative estimate of drug-likeness (QED) is 0.0278. The minimum atomic E-state index is -2.52. The van der Waals surface area contributed by atoms with Gasteiger partial charge in [-0.15, -0.1) is 0 Å². The molecule has 812 valence electrons. The van der Waals surface area contributed by atoms with E-state index in [4.69, 9.17) is 56.5 Å². The molecule has 7 aliphatic heterocycles. The minimum absolute atomic E-state index is 0.0446. The van der Waals surface area contributed by atoms with Gasteiger partial charge < -0.3 is 70.4 Å². The second kappa shape index (κ2) is 69.0. The molecule has 140 heavy (non-hydrogen) atoms. The van der Waals surface area contributed by atoms with Gasteiger partial charge in [0.2, 0.25) is 41.4 Å². The van der Waals surface area contributed by atoms with E-state index < -0.39 is 135 Å². The largest absolute Gasteiger partial charge is 0.362 e. The van der Waals surface area contributed by atoms with Crippen LogP contribution >= 0.6 is 0 Å². The molecule has 0 saturated carbocycles. The van der Waals surface area contributed by atoms with Gasteiger partial charge in [0, 0.05) is 155 Å². The second-order valence-corrected chi connectivity index (χ2v) is 44.3. The van der Waals surface area contributed by atoms with Crippen LogP contribution in [0.25, 0.3) is 0 Å². The number of Topliss-reactive ketones (excluding diaryl/α,β-unsaturated/α-hetero) is 7. The predicted molar refractivity (Wildman–Crippen MR) is 556 cm³/mol. The molecule has 0 aromatic carbocycles. The van der Waals surface area contributed by atoms with Crippen molar-refractivity contribution >= 4 is 81.8 Å². The van der Waals surface area contributed by atoms with Gasteiger partial charge in [0.05, 0.1) is 42.7 Å². The average Bonchev–Trinajstić information content (AvgIpc) is 1.64. The topological polar surface area (TPSA) is 411 Å². The van der Waals surface area contributed by atoms with Crippen molar-refractivity contribution in [2.24, 2.45) is 124 Å². The van der Waals surface area contributed by atoms with Crippen molar-refractivity contribution in [1.29, 1.82) is 0 Å². The Hall–Kier alpha value is -6.30. The van der Waals surface area contributed by atoms with E-state index in [1.807, 2.05) is 104 Å². The zero-order valence-electron chi connectivity index (χ0n) is 109. The van der Waals surface area contributed by atoms with Crippen LogP contribution in [0.15, 0.2) is 0 Å². The van der Waals surface area contributed by atoms with Crippen LogP contribution in [0, 0.1) is 124 Å². The number of hydrogen-bond donors (Lipinski definition) is 7. The van der Waals surface area contributed by atoms with E-state index in [0.717, 1.165) is 44.9 Å². The lowest BCUT2D eigenvalue weighted by Crippen LogP contribution is -2.34. The Labute approximate surface area is 871 Å². The third-order valence-corrected chi connectivity index (χ3v) is 24.0. The summed E-state index contributed by atoms with van der Waals surface area (Å²) in [5.74, 6) is -11.2. The van der Waals surface area contributed by atoms with Crippen LogP contribution in [0.4, 0.5) is 0 Å².